The van der Waals surface area contributed by atoms with Crippen LogP contribution in [-0.4, -0.2) is 16.0 Å². The average molecular weight is 485 g/mol. The summed E-state index contributed by atoms with van der Waals surface area (Å²) in [5.74, 6) is -1.78. The van der Waals surface area contributed by atoms with Gasteiger partial charge in [-0.15, -0.1) is 0 Å². The molecule has 0 aromatic heterocycles. The smallest absolute Gasteiger partial charge is 0.166 e. The molecule has 0 rings (SSSR count). The van der Waals surface area contributed by atoms with Gasteiger partial charge in [0.05, 0.1) is 0 Å². The second kappa shape index (κ2) is 16.9. The van der Waals surface area contributed by atoms with E-state index in [-0.39, 0.29) is 0 Å². The van der Waals surface area contributed by atoms with E-state index in [0.717, 1.165) is 38.5 Å². The Kier molecular flexibility index (Phi) is 16.1. The summed E-state index contributed by atoms with van der Waals surface area (Å²) in [5, 5.41) is 22.1. The molecule has 0 bridgehead atoms. The van der Waals surface area contributed by atoms with Crippen molar-refractivity contribution < 1.29 is 10.2 Å². The standard InChI is InChI=1S/C33H56O2/c1-26(2)14-11-17-29(7)20-23-33(32(10,34)35,24-21-30(8)18-12-15-27(3)4)25-22-31(9)19-13-16-28(5)6/h14-16,20-22,34-35H,11-13,17-19,23-25H2,1-10H3. The summed E-state index contributed by atoms with van der Waals surface area (Å²) in [6.45, 7) is 20.8. The van der Waals surface area contributed by atoms with Crippen LogP contribution in [0.1, 0.15) is 127 Å². The van der Waals surface area contributed by atoms with Gasteiger partial charge >= 0.3 is 0 Å². The molecule has 0 aliphatic carbocycles. The van der Waals surface area contributed by atoms with Gasteiger partial charge in [-0.2, -0.15) is 0 Å². The highest BCUT2D eigenvalue weighted by Crippen LogP contribution is 2.43. The predicted molar refractivity (Wildman–Crippen MR) is 156 cm³/mol. The molecule has 200 valence electrons. The SMILES string of the molecule is CC(C)=CCCC(C)=CCC(CC=C(C)CCC=C(C)C)(CC=C(C)CCC=C(C)C)C(C)(O)O. The topological polar surface area (TPSA) is 40.5 Å². The monoisotopic (exact) mass is 484 g/mol. The molecule has 0 spiro atoms. The Morgan fingerprint density at radius 2 is 0.743 bits per heavy atom. The number of hydrogen-bond donors (Lipinski definition) is 2. The van der Waals surface area contributed by atoms with Gasteiger partial charge in [-0.25, -0.2) is 0 Å². The highest BCUT2D eigenvalue weighted by molar-refractivity contribution is 5.13. The van der Waals surface area contributed by atoms with E-state index in [1.165, 1.54) is 33.4 Å². The summed E-state index contributed by atoms with van der Waals surface area (Å²) >= 11 is 0. The van der Waals surface area contributed by atoms with E-state index in [4.69, 9.17) is 0 Å². The molecule has 2 heteroatoms. The molecule has 0 aliphatic rings. The Morgan fingerprint density at radius 3 is 0.943 bits per heavy atom. The third-order valence-electron chi connectivity index (χ3n) is 6.80. The fourth-order valence-corrected chi connectivity index (χ4v) is 4.01. The van der Waals surface area contributed by atoms with Crippen molar-refractivity contribution in [3.05, 3.63) is 69.9 Å². The van der Waals surface area contributed by atoms with E-state index in [1.54, 1.807) is 6.92 Å². The van der Waals surface area contributed by atoms with Crippen LogP contribution in [0.3, 0.4) is 0 Å². The maximum absolute atomic E-state index is 11.1. The summed E-state index contributed by atoms with van der Waals surface area (Å²) in [5.41, 5.74) is 7.29. The Bertz CT molecular complexity index is 697. The van der Waals surface area contributed by atoms with Gasteiger partial charge in [0.25, 0.3) is 0 Å². The molecule has 2 nitrogen and oxygen atoms in total. The summed E-state index contributed by atoms with van der Waals surface area (Å²) in [6.07, 6.45) is 21.5. The molecular weight excluding hydrogens is 428 g/mol. The summed E-state index contributed by atoms with van der Waals surface area (Å²) in [4.78, 5) is 0. The maximum atomic E-state index is 11.1. The van der Waals surface area contributed by atoms with Crippen LogP contribution >= 0.6 is 0 Å². The highest BCUT2D eigenvalue weighted by atomic mass is 16.5. The van der Waals surface area contributed by atoms with Crippen LogP contribution in [0.4, 0.5) is 0 Å². The number of aliphatic hydroxyl groups is 2. The van der Waals surface area contributed by atoms with Crippen molar-refractivity contribution >= 4 is 0 Å². The Hall–Kier alpha value is -1.64. The van der Waals surface area contributed by atoms with Crippen LogP contribution in [0, 0.1) is 5.41 Å². The van der Waals surface area contributed by atoms with Crippen molar-refractivity contribution in [2.75, 3.05) is 0 Å². The van der Waals surface area contributed by atoms with Crippen molar-refractivity contribution in [2.45, 2.75) is 133 Å². The fraction of sp³-hybridized carbons (Fsp3) is 0.636. The number of allylic oxidation sites excluding steroid dienone is 12. The van der Waals surface area contributed by atoms with Crippen molar-refractivity contribution in [2.24, 2.45) is 5.41 Å². The second-order valence-electron chi connectivity index (χ2n) is 11.5. The van der Waals surface area contributed by atoms with E-state index in [1.807, 2.05) is 0 Å². The zero-order chi connectivity index (χ0) is 27.1. The normalized spacial score (nSPS) is 14.9. The highest BCUT2D eigenvalue weighted by Gasteiger charge is 2.43. The molecule has 0 saturated carbocycles. The molecule has 0 unspecified atom stereocenters. The summed E-state index contributed by atoms with van der Waals surface area (Å²) < 4.78 is 0. The quantitative estimate of drug-likeness (QED) is 0.169. The molecule has 0 amide bonds. The first kappa shape index (κ1) is 33.4. The first-order chi connectivity index (χ1) is 16.2. The van der Waals surface area contributed by atoms with Gasteiger partial charge in [-0.3, -0.25) is 0 Å². The molecule has 35 heavy (non-hydrogen) atoms. The molecule has 0 heterocycles. The molecule has 0 aliphatic heterocycles. The zero-order valence-electron chi connectivity index (χ0n) is 24.7. The van der Waals surface area contributed by atoms with Crippen LogP contribution in [0.15, 0.2) is 69.9 Å². The minimum atomic E-state index is -1.78. The molecule has 0 saturated heterocycles. The van der Waals surface area contributed by atoms with Crippen LogP contribution in [0.5, 0.6) is 0 Å². The van der Waals surface area contributed by atoms with Gasteiger partial charge in [0.2, 0.25) is 0 Å². The van der Waals surface area contributed by atoms with Crippen LogP contribution in [-0.2, 0) is 0 Å². The van der Waals surface area contributed by atoms with Crippen molar-refractivity contribution in [3.8, 4) is 0 Å². The Labute approximate surface area is 218 Å². The lowest BCUT2D eigenvalue weighted by atomic mass is 9.70. The third-order valence-corrected chi connectivity index (χ3v) is 6.80. The van der Waals surface area contributed by atoms with E-state index in [2.05, 4.69) is 98.8 Å². The van der Waals surface area contributed by atoms with E-state index in [9.17, 15) is 10.2 Å². The lowest BCUT2D eigenvalue weighted by Crippen LogP contribution is -2.45. The molecule has 2 N–H and O–H groups in total. The fourth-order valence-electron chi connectivity index (χ4n) is 4.01. The number of hydrogen-bond acceptors (Lipinski definition) is 2. The first-order valence-corrected chi connectivity index (χ1v) is 13.5. The van der Waals surface area contributed by atoms with Crippen LogP contribution < -0.4 is 0 Å². The molecule has 0 fully saturated rings. The molecule has 0 atom stereocenters. The van der Waals surface area contributed by atoms with Crippen molar-refractivity contribution in [1.29, 1.82) is 0 Å². The van der Waals surface area contributed by atoms with E-state index in [0.29, 0.717) is 19.3 Å². The van der Waals surface area contributed by atoms with Crippen molar-refractivity contribution in [1.82, 2.24) is 0 Å². The first-order valence-electron chi connectivity index (χ1n) is 13.5. The van der Waals surface area contributed by atoms with Crippen LogP contribution in [0.25, 0.3) is 0 Å². The Balaban J connectivity index is 5.88. The Morgan fingerprint density at radius 1 is 0.486 bits per heavy atom. The summed E-state index contributed by atoms with van der Waals surface area (Å²) in [7, 11) is 0. The minimum Gasteiger partial charge on any atom is -0.365 e. The lowest BCUT2D eigenvalue weighted by Gasteiger charge is -2.41. The lowest BCUT2D eigenvalue weighted by molar-refractivity contribution is -0.228. The van der Waals surface area contributed by atoms with E-state index < -0.39 is 11.2 Å². The zero-order valence-corrected chi connectivity index (χ0v) is 24.7. The largest absolute Gasteiger partial charge is 0.365 e. The van der Waals surface area contributed by atoms with Gasteiger partial charge in [0.15, 0.2) is 5.79 Å². The van der Waals surface area contributed by atoms with Crippen molar-refractivity contribution in [3.63, 3.8) is 0 Å². The number of rotatable bonds is 16. The van der Waals surface area contributed by atoms with Gasteiger partial charge in [0.1, 0.15) is 0 Å². The summed E-state index contributed by atoms with van der Waals surface area (Å²) in [6, 6.07) is 0. The average Bonchev–Trinajstić information content (AvgIpc) is 2.71. The van der Waals surface area contributed by atoms with Gasteiger partial charge in [-0.05, 0) is 127 Å². The predicted octanol–water partition coefficient (Wildman–Crippen LogP) is 9.92. The molecule has 0 radical (unpaired) electrons. The maximum Gasteiger partial charge on any atom is 0.166 e. The minimum absolute atomic E-state index is 0.645. The molecular formula is C33H56O2. The second-order valence-corrected chi connectivity index (χ2v) is 11.5. The molecule has 0 aromatic rings. The van der Waals surface area contributed by atoms with Gasteiger partial charge in [-0.1, -0.05) is 69.9 Å². The van der Waals surface area contributed by atoms with Gasteiger partial charge in [0, 0.05) is 5.41 Å². The van der Waals surface area contributed by atoms with Crippen LogP contribution in [0.2, 0.25) is 0 Å². The third kappa shape index (κ3) is 15.9. The van der Waals surface area contributed by atoms with E-state index >= 15 is 0 Å². The molecule has 0 aromatic carbocycles. The van der Waals surface area contributed by atoms with Gasteiger partial charge < -0.3 is 10.2 Å².